The Hall–Kier alpha value is -1.39. The molecule has 0 atom stereocenters. The van der Waals surface area contributed by atoms with E-state index in [1.807, 2.05) is 0 Å². The van der Waals surface area contributed by atoms with Crippen molar-refractivity contribution in [3.05, 3.63) is 62.8 Å². The number of hydrogen-bond acceptors (Lipinski definition) is 2. The quantitative estimate of drug-likeness (QED) is 0.743. The molecule has 0 fully saturated rings. The molecule has 0 saturated heterocycles. The van der Waals surface area contributed by atoms with Crippen molar-refractivity contribution >= 4 is 33.3 Å². The fourth-order valence-electron chi connectivity index (χ4n) is 1.84. The minimum Gasteiger partial charge on any atom is -0.497 e. The van der Waals surface area contributed by atoms with Crippen molar-refractivity contribution in [2.45, 2.75) is 6.42 Å². The summed E-state index contributed by atoms with van der Waals surface area (Å²) in [6.45, 7) is 0. The Kier molecular flexibility index (Phi) is 4.78. The molecular formula is C15H11BrClFO2. The van der Waals surface area contributed by atoms with Crippen LogP contribution >= 0.6 is 27.5 Å². The number of methoxy groups -OCH3 is 1. The number of ether oxygens (including phenoxy) is 1. The summed E-state index contributed by atoms with van der Waals surface area (Å²) in [6, 6.07) is 9.48. The van der Waals surface area contributed by atoms with E-state index in [9.17, 15) is 9.18 Å². The van der Waals surface area contributed by atoms with Crippen LogP contribution in [0.15, 0.2) is 40.9 Å². The number of ketones is 1. The summed E-state index contributed by atoms with van der Waals surface area (Å²) >= 11 is 9.25. The van der Waals surface area contributed by atoms with Crippen LogP contribution in [0.5, 0.6) is 5.75 Å². The maximum absolute atomic E-state index is 13.7. The van der Waals surface area contributed by atoms with E-state index in [0.29, 0.717) is 11.3 Å². The summed E-state index contributed by atoms with van der Waals surface area (Å²) in [7, 11) is 1.54. The van der Waals surface area contributed by atoms with Crippen molar-refractivity contribution in [1.82, 2.24) is 0 Å². The standard InChI is InChI=1S/C15H11BrClFO2/c1-20-10-5-6-11(16)9(7-10)8-14(19)15-12(17)3-2-4-13(15)18/h2-7H,8H2,1H3. The van der Waals surface area contributed by atoms with Crippen LogP contribution in [0.3, 0.4) is 0 Å². The third kappa shape index (κ3) is 3.19. The van der Waals surface area contributed by atoms with Gasteiger partial charge in [-0.1, -0.05) is 33.6 Å². The van der Waals surface area contributed by atoms with Gasteiger partial charge < -0.3 is 4.74 Å². The molecule has 0 aliphatic carbocycles. The number of carbonyl (C=O) groups is 1. The van der Waals surface area contributed by atoms with Crippen LogP contribution < -0.4 is 4.74 Å². The third-order valence-corrected chi connectivity index (χ3v) is 3.93. The zero-order chi connectivity index (χ0) is 14.7. The lowest BCUT2D eigenvalue weighted by Gasteiger charge is -2.08. The molecule has 20 heavy (non-hydrogen) atoms. The van der Waals surface area contributed by atoms with Gasteiger partial charge in [-0.3, -0.25) is 4.79 Å². The van der Waals surface area contributed by atoms with E-state index in [2.05, 4.69) is 15.9 Å². The topological polar surface area (TPSA) is 26.3 Å². The van der Waals surface area contributed by atoms with Crippen molar-refractivity contribution in [3.8, 4) is 5.75 Å². The van der Waals surface area contributed by atoms with Gasteiger partial charge in [0, 0.05) is 10.9 Å². The van der Waals surface area contributed by atoms with Crippen LogP contribution in [0.2, 0.25) is 5.02 Å². The average Bonchev–Trinajstić information content (AvgIpc) is 2.41. The Labute approximate surface area is 129 Å². The smallest absolute Gasteiger partial charge is 0.171 e. The van der Waals surface area contributed by atoms with Crippen LogP contribution in [0.25, 0.3) is 0 Å². The van der Waals surface area contributed by atoms with Crippen molar-refractivity contribution in [2.24, 2.45) is 0 Å². The highest BCUT2D eigenvalue weighted by Crippen LogP contribution is 2.26. The Balaban J connectivity index is 2.33. The number of hydrogen-bond donors (Lipinski definition) is 0. The summed E-state index contributed by atoms with van der Waals surface area (Å²) < 4.78 is 19.6. The molecule has 2 nitrogen and oxygen atoms in total. The second-order valence-corrected chi connectivity index (χ2v) is 5.42. The van der Waals surface area contributed by atoms with Gasteiger partial charge in [0.25, 0.3) is 0 Å². The average molecular weight is 358 g/mol. The molecular weight excluding hydrogens is 347 g/mol. The molecule has 2 rings (SSSR count). The lowest BCUT2D eigenvalue weighted by Crippen LogP contribution is -2.07. The lowest BCUT2D eigenvalue weighted by molar-refractivity contribution is 0.0989. The second kappa shape index (κ2) is 6.37. The molecule has 0 aliphatic heterocycles. The van der Waals surface area contributed by atoms with Crippen LogP contribution in [-0.4, -0.2) is 12.9 Å². The Morgan fingerprint density at radius 1 is 1.35 bits per heavy atom. The number of benzene rings is 2. The molecule has 0 aliphatic rings. The van der Waals surface area contributed by atoms with Gasteiger partial charge in [-0.15, -0.1) is 0 Å². The molecule has 0 radical (unpaired) electrons. The van der Waals surface area contributed by atoms with Gasteiger partial charge >= 0.3 is 0 Å². The summed E-state index contributed by atoms with van der Waals surface area (Å²) in [5.41, 5.74) is 0.637. The number of rotatable bonds is 4. The molecule has 0 saturated carbocycles. The van der Waals surface area contributed by atoms with Gasteiger partial charge in [0.1, 0.15) is 11.6 Å². The van der Waals surface area contributed by atoms with E-state index in [-0.39, 0.29) is 22.8 Å². The van der Waals surface area contributed by atoms with Crippen molar-refractivity contribution < 1.29 is 13.9 Å². The highest BCUT2D eigenvalue weighted by Gasteiger charge is 2.17. The molecule has 0 spiro atoms. The minimum absolute atomic E-state index is 0.0401. The van der Waals surface area contributed by atoms with Gasteiger partial charge in [0.05, 0.1) is 17.7 Å². The number of carbonyl (C=O) groups excluding carboxylic acids is 1. The first kappa shape index (κ1) is 15.0. The summed E-state index contributed by atoms with van der Waals surface area (Å²) in [5.74, 6) is -0.348. The third-order valence-electron chi connectivity index (χ3n) is 2.85. The zero-order valence-electron chi connectivity index (χ0n) is 10.6. The van der Waals surface area contributed by atoms with E-state index in [1.165, 1.54) is 18.2 Å². The van der Waals surface area contributed by atoms with E-state index >= 15 is 0 Å². The van der Waals surface area contributed by atoms with E-state index in [0.717, 1.165) is 4.47 Å². The fourth-order valence-corrected chi connectivity index (χ4v) is 2.49. The summed E-state index contributed by atoms with van der Waals surface area (Å²) in [4.78, 5) is 12.2. The van der Waals surface area contributed by atoms with E-state index in [1.54, 1.807) is 25.3 Å². The zero-order valence-corrected chi connectivity index (χ0v) is 13.0. The highest BCUT2D eigenvalue weighted by molar-refractivity contribution is 9.10. The number of Topliss-reactive ketones (excluding diaryl/α,β-unsaturated/α-hetero) is 1. The maximum Gasteiger partial charge on any atom is 0.171 e. The van der Waals surface area contributed by atoms with Gasteiger partial charge in [0.15, 0.2) is 5.78 Å². The van der Waals surface area contributed by atoms with E-state index < -0.39 is 5.82 Å². The van der Waals surface area contributed by atoms with Gasteiger partial charge in [0.2, 0.25) is 0 Å². The fraction of sp³-hybridized carbons (Fsp3) is 0.133. The van der Waals surface area contributed by atoms with Crippen LogP contribution in [0, 0.1) is 5.82 Å². The van der Waals surface area contributed by atoms with Crippen LogP contribution in [0.1, 0.15) is 15.9 Å². The molecule has 0 N–H and O–H groups in total. The summed E-state index contributed by atoms with van der Waals surface area (Å²) in [5, 5.41) is 0.119. The largest absolute Gasteiger partial charge is 0.497 e. The molecule has 2 aromatic carbocycles. The van der Waals surface area contributed by atoms with Crippen molar-refractivity contribution in [2.75, 3.05) is 7.11 Å². The molecule has 0 unspecified atom stereocenters. The van der Waals surface area contributed by atoms with E-state index in [4.69, 9.17) is 16.3 Å². The van der Waals surface area contributed by atoms with Gasteiger partial charge in [-0.05, 0) is 35.9 Å². The minimum atomic E-state index is -0.610. The second-order valence-electron chi connectivity index (χ2n) is 4.15. The molecule has 0 aromatic heterocycles. The normalized spacial score (nSPS) is 10.4. The molecule has 0 amide bonds. The molecule has 104 valence electrons. The Bertz CT molecular complexity index is 638. The first-order valence-corrected chi connectivity index (χ1v) is 6.99. The highest BCUT2D eigenvalue weighted by atomic mass is 79.9. The van der Waals surface area contributed by atoms with Gasteiger partial charge in [-0.25, -0.2) is 4.39 Å². The molecule has 0 bridgehead atoms. The first-order chi connectivity index (χ1) is 9.52. The monoisotopic (exact) mass is 356 g/mol. The van der Waals surface area contributed by atoms with Crippen molar-refractivity contribution in [1.29, 1.82) is 0 Å². The van der Waals surface area contributed by atoms with Crippen LogP contribution in [-0.2, 0) is 6.42 Å². The van der Waals surface area contributed by atoms with Crippen molar-refractivity contribution in [3.63, 3.8) is 0 Å². The maximum atomic E-state index is 13.7. The Morgan fingerprint density at radius 3 is 2.75 bits per heavy atom. The number of halogens is 3. The summed E-state index contributed by atoms with van der Waals surface area (Å²) in [6.07, 6.45) is 0.0401. The molecule has 0 heterocycles. The van der Waals surface area contributed by atoms with Crippen LogP contribution in [0.4, 0.5) is 4.39 Å². The molecule has 2 aromatic rings. The predicted molar refractivity (Wildman–Crippen MR) is 80.1 cm³/mol. The SMILES string of the molecule is COc1ccc(Br)c(CC(=O)c2c(F)cccc2Cl)c1. The predicted octanol–water partition coefficient (Wildman–Crippen LogP) is 4.68. The lowest BCUT2D eigenvalue weighted by atomic mass is 10.0. The first-order valence-electron chi connectivity index (χ1n) is 5.82. The molecule has 5 heteroatoms. The van der Waals surface area contributed by atoms with Gasteiger partial charge in [-0.2, -0.15) is 0 Å². The Morgan fingerprint density at radius 2 is 2.10 bits per heavy atom.